The molecule has 0 N–H and O–H groups in total. The second-order valence-corrected chi connectivity index (χ2v) is 6.83. The van der Waals surface area contributed by atoms with Crippen LogP contribution in [0, 0.1) is 5.92 Å². The number of carbonyl (C=O) groups is 2. The minimum absolute atomic E-state index is 0.00186. The van der Waals surface area contributed by atoms with Crippen LogP contribution in [-0.2, 0) is 38.0 Å². The van der Waals surface area contributed by atoms with Gasteiger partial charge in [0.15, 0.2) is 0 Å². The predicted molar refractivity (Wildman–Crippen MR) is 113 cm³/mol. The smallest absolute Gasteiger partial charge is 0.308 e. The third-order valence-corrected chi connectivity index (χ3v) is 4.27. The van der Waals surface area contributed by atoms with Crippen molar-refractivity contribution < 1.29 is 38.0 Å². The van der Waals surface area contributed by atoms with E-state index >= 15 is 0 Å². The van der Waals surface area contributed by atoms with E-state index in [-0.39, 0.29) is 31.1 Å². The molecule has 0 aromatic carbocycles. The molecule has 0 rings (SSSR count). The molecule has 178 valence electrons. The molecule has 8 nitrogen and oxygen atoms in total. The van der Waals surface area contributed by atoms with Crippen LogP contribution in [0.1, 0.15) is 59.3 Å². The van der Waals surface area contributed by atoms with Crippen molar-refractivity contribution in [2.45, 2.75) is 59.3 Å². The predicted octanol–water partition coefficient (Wildman–Crippen LogP) is 3.16. The first kappa shape index (κ1) is 28.8. The fraction of sp³-hybridized carbons (Fsp3) is 0.909. The number of unbranched alkanes of at least 4 members (excludes halogenated alkanes) is 1. The number of rotatable bonds is 22. The van der Waals surface area contributed by atoms with Crippen molar-refractivity contribution in [3.8, 4) is 0 Å². The third-order valence-electron chi connectivity index (χ3n) is 4.27. The average molecular weight is 435 g/mol. The van der Waals surface area contributed by atoms with Crippen LogP contribution in [0.25, 0.3) is 0 Å². The topological polar surface area (TPSA) is 89.5 Å². The Morgan fingerprint density at radius 3 is 1.53 bits per heavy atom. The van der Waals surface area contributed by atoms with E-state index in [1.807, 2.05) is 13.8 Å². The molecule has 0 amide bonds. The van der Waals surface area contributed by atoms with Crippen LogP contribution in [0.5, 0.6) is 0 Å². The van der Waals surface area contributed by atoms with E-state index in [0.29, 0.717) is 59.3 Å². The van der Waals surface area contributed by atoms with E-state index in [2.05, 4.69) is 6.92 Å². The molecule has 0 saturated heterocycles. The Morgan fingerprint density at radius 1 is 0.633 bits per heavy atom. The molecular formula is C22H42O8. The van der Waals surface area contributed by atoms with Crippen molar-refractivity contribution in [3.05, 3.63) is 0 Å². The van der Waals surface area contributed by atoms with Crippen LogP contribution in [-0.4, -0.2) is 78.0 Å². The molecule has 0 spiro atoms. The molecule has 0 saturated carbocycles. The summed E-state index contributed by atoms with van der Waals surface area (Å²) in [6, 6.07) is 0. The minimum Gasteiger partial charge on any atom is -0.463 e. The molecule has 0 radical (unpaired) electrons. The van der Waals surface area contributed by atoms with E-state index in [9.17, 15) is 9.59 Å². The molecule has 0 heterocycles. The van der Waals surface area contributed by atoms with Gasteiger partial charge >= 0.3 is 11.9 Å². The number of ether oxygens (including phenoxy) is 6. The fourth-order valence-corrected chi connectivity index (χ4v) is 2.51. The number of carbonyl (C=O) groups excluding carboxylic acids is 2. The zero-order chi connectivity index (χ0) is 22.3. The Hall–Kier alpha value is -1.22. The maximum Gasteiger partial charge on any atom is 0.308 e. The van der Waals surface area contributed by atoms with Crippen LogP contribution in [0.3, 0.4) is 0 Å². The first-order valence-corrected chi connectivity index (χ1v) is 11.3. The largest absolute Gasteiger partial charge is 0.463 e. The number of hydrogen-bond acceptors (Lipinski definition) is 8. The third kappa shape index (κ3) is 18.8. The SMILES string of the molecule is CCCCC(CC)C(=O)OCCOCCOCCOCCOCCOC(=O)CCC. The first-order valence-electron chi connectivity index (χ1n) is 11.3. The van der Waals surface area contributed by atoms with Gasteiger partial charge in [0.2, 0.25) is 0 Å². The number of esters is 2. The Bertz CT molecular complexity index is 403. The number of hydrogen-bond donors (Lipinski definition) is 0. The summed E-state index contributed by atoms with van der Waals surface area (Å²) >= 11 is 0. The van der Waals surface area contributed by atoms with Gasteiger partial charge in [0, 0.05) is 6.42 Å². The van der Waals surface area contributed by atoms with Crippen molar-refractivity contribution in [1.82, 2.24) is 0 Å². The van der Waals surface area contributed by atoms with E-state index in [4.69, 9.17) is 28.4 Å². The molecule has 8 heteroatoms. The summed E-state index contributed by atoms with van der Waals surface area (Å²) < 4.78 is 31.7. The summed E-state index contributed by atoms with van der Waals surface area (Å²) in [5.74, 6) is -0.307. The molecule has 1 atom stereocenters. The van der Waals surface area contributed by atoms with Crippen molar-refractivity contribution in [3.63, 3.8) is 0 Å². The first-order chi connectivity index (χ1) is 14.7. The van der Waals surface area contributed by atoms with Crippen molar-refractivity contribution >= 4 is 11.9 Å². The molecule has 0 aliphatic carbocycles. The Kier molecular flexibility index (Phi) is 21.6. The summed E-state index contributed by atoms with van der Waals surface area (Å²) in [5.41, 5.74) is 0. The van der Waals surface area contributed by atoms with Crippen molar-refractivity contribution in [2.75, 3.05) is 66.1 Å². The van der Waals surface area contributed by atoms with Crippen LogP contribution >= 0.6 is 0 Å². The Balaban J connectivity index is 3.28. The lowest BCUT2D eigenvalue weighted by Crippen LogP contribution is -2.20. The quantitative estimate of drug-likeness (QED) is 0.190. The second-order valence-electron chi connectivity index (χ2n) is 6.83. The summed E-state index contributed by atoms with van der Waals surface area (Å²) in [6.07, 6.45) is 5.08. The van der Waals surface area contributed by atoms with Gasteiger partial charge in [-0.3, -0.25) is 9.59 Å². The van der Waals surface area contributed by atoms with Gasteiger partial charge in [0.05, 0.1) is 58.8 Å². The van der Waals surface area contributed by atoms with Gasteiger partial charge < -0.3 is 28.4 Å². The van der Waals surface area contributed by atoms with Crippen LogP contribution in [0.2, 0.25) is 0 Å². The lowest BCUT2D eigenvalue weighted by Gasteiger charge is -2.13. The maximum absolute atomic E-state index is 11.9. The van der Waals surface area contributed by atoms with E-state index in [1.54, 1.807) is 0 Å². The summed E-state index contributed by atoms with van der Waals surface area (Å²) in [5, 5.41) is 0. The highest BCUT2D eigenvalue weighted by Gasteiger charge is 2.16. The van der Waals surface area contributed by atoms with Gasteiger partial charge in [0.25, 0.3) is 0 Å². The normalized spacial score (nSPS) is 12.0. The van der Waals surface area contributed by atoms with Gasteiger partial charge in [-0.2, -0.15) is 0 Å². The van der Waals surface area contributed by atoms with Gasteiger partial charge in [-0.15, -0.1) is 0 Å². The fourth-order valence-electron chi connectivity index (χ4n) is 2.51. The second kappa shape index (κ2) is 22.5. The molecule has 0 aliphatic rings. The molecule has 0 aromatic rings. The monoisotopic (exact) mass is 434 g/mol. The van der Waals surface area contributed by atoms with Crippen LogP contribution in [0.15, 0.2) is 0 Å². The summed E-state index contributed by atoms with van der Waals surface area (Å²) in [7, 11) is 0. The highest BCUT2D eigenvalue weighted by molar-refractivity contribution is 5.72. The van der Waals surface area contributed by atoms with Gasteiger partial charge in [-0.05, 0) is 19.3 Å². The van der Waals surface area contributed by atoms with Crippen LogP contribution < -0.4 is 0 Å². The molecule has 0 aliphatic heterocycles. The molecule has 30 heavy (non-hydrogen) atoms. The lowest BCUT2D eigenvalue weighted by molar-refractivity contribution is -0.150. The van der Waals surface area contributed by atoms with Crippen LogP contribution in [0.4, 0.5) is 0 Å². The van der Waals surface area contributed by atoms with E-state index in [1.165, 1.54) is 0 Å². The molecule has 0 fully saturated rings. The van der Waals surface area contributed by atoms with Crippen molar-refractivity contribution in [2.24, 2.45) is 5.92 Å². The summed E-state index contributed by atoms with van der Waals surface area (Å²) in [6.45, 7) is 10.1. The minimum atomic E-state index is -0.188. The Labute approximate surface area is 181 Å². The zero-order valence-electron chi connectivity index (χ0n) is 19.2. The van der Waals surface area contributed by atoms with E-state index in [0.717, 1.165) is 32.1 Å². The van der Waals surface area contributed by atoms with Crippen molar-refractivity contribution in [1.29, 1.82) is 0 Å². The highest BCUT2D eigenvalue weighted by atomic mass is 16.6. The molecule has 1 unspecified atom stereocenters. The van der Waals surface area contributed by atoms with Gasteiger partial charge in [-0.25, -0.2) is 0 Å². The Morgan fingerprint density at radius 2 is 1.10 bits per heavy atom. The molecule has 0 aromatic heterocycles. The standard InChI is InChI=1S/C22H42O8/c1-4-7-9-20(6-3)22(24)30-19-17-28-15-13-26-11-10-25-12-14-27-16-18-29-21(23)8-5-2/h20H,4-19H2,1-3H3. The van der Waals surface area contributed by atoms with Gasteiger partial charge in [0.1, 0.15) is 13.2 Å². The summed E-state index contributed by atoms with van der Waals surface area (Å²) in [4.78, 5) is 23.0. The molecular weight excluding hydrogens is 392 g/mol. The van der Waals surface area contributed by atoms with E-state index < -0.39 is 0 Å². The van der Waals surface area contributed by atoms with Gasteiger partial charge in [-0.1, -0.05) is 33.6 Å². The zero-order valence-corrected chi connectivity index (χ0v) is 19.2. The lowest BCUT2D eigenvalue weighted by atomic mass is 10.00. The average Bonchev–Trinajstić information content (AvgIpc) is 2.74. The highest BCUT2D eigenvalue weighted by Crippen LogP contribution is 2.14. The molecule has 0 bridgehead atoms. The maximum atomic E-state index is 11.9.